The van der Waals surface area contributed by atoms with Crippen molar-refractivity contribution in [1.29, 1.82) is 0 Å². The number of aryl methyl sites for hydroxylation is 1. The van der Waals surface area contributed by atoms with Crippen LogP contribution < -0.4 is 4.74 Å². The summed E-state index contributed by atoms with van der Waals surface area (Å²) >= 11 is 1.41. The molecule has 1 amide bonds. The predicted molar refractivity (Wildman–Crippen MR) is 78.3 cm³/mol. The van der Waals surface area contributed by atoms with Crippen molar-refractivity contribution >= 4 is 17.2 Å². The summed E-state index contributed by atoms with van der Waals surface area (Å²) in [6, 6.07) is 6.02. The quantitative estimate of drug-likeness (QED) is 0.853. The van der Waals surface area contributed by atoms with Crippen LogP contribution in [0.15, 0.2) is 23.7 Å². The molecule has 0 unspecified atom stereocenters. The van der Waals surface area contributed by atoms with Gasteiger partial charge in [-0.15, -0.1) is 11.3 Å². The van der Waals surface area contributed by atoms with Crippen molar-refractivity contribution in [1.82, 2.24) is 9.88 Å². The number of methoxy groups -OCH3 is 1. The largest absolute Gasteiger partial charge is 0.496 e. The molecule has 2 heterocycles. The standard InChI is InChI=1S/C15H16N2O2S/c1-10-14(20-9-16-10)15(18)17-7-6-12-11(8-17)4-3-5-13(12)19-2/h3-5,9H,6-8H2,1-2H3. The van der Waals surface area contributed by atoms with Crippen LogP contribution in [-0.4, -0.2) is 29.4 Å². The minimum atomic E-state index is 0.0819. The van der Waals surface area contributed by atoms with Gasteiger partial charge in [0.1, 0.15) is 10.6 Å². The second-order valence-electron chi connectivity index (χ2n) is 4.84. The Balaban J connectivity index is 1.86. The predicted octanol–water partition coefficient (Wildman–Crippen LogP) is 2.66. The van der Waals surface area contributed by atoms with Gasteiger partial charge in [0.2, 0.25) is 0 Å². The molecule has 0 atom stereocenters. The Morgan fingerprint density at radius 3 is 3.00 bits per heavy atom. The van der Waals surface area contributed by atoms with Crippen LogP contribution in [0.4, 0.5) is 0 Å². The van der Waals surface area contributed by atoms with E-state index in [1.807, 2.05) is 24.0 Å². The van der Waals surface area contributed by atoms with E-state index in [-0.39, 0.29) is 5.91 Å². The number of fused-ring (bicyclic) bond motifs is 1. The van der Waals surface area contributed by atoms with Gasteiger partial charge in [-0.3, -0.25) is 4.79 Å². The Hall–Kier alpha value is -1.88. The normalized spacial score (nSPS) is 14.0. The van der Waals surface area contributed by atoms with Gasteiger partial charge >= 0.3 is 0 Å². The highest BCUT2D eigenvalue weighted by Crippen LogP contribution is 2.29. The van der Waals surface area contributed by atoms with Crippen LogP contribution in [0.25, 0.3) is 0 Å². The second-order valence-corrected chi connectivity index (χ2v) is 5.70. The molecular formula is C15H16N2O2S. The molecule has 0 radical (unpaired) electrons. The van der Waals surface area contributed by atoms with Crippen LogP contribution in [-0.2, 0) is 13.0 Å². The molecule has 0 bridgehead atoms. The SMILES string of the molecule is COc1cccc2c1CCN(C(=O)c1scnc1C)C2. The summed E-state index contributed by atoms with van der Waals surface area (Å²) in [6.45, 7) is 3.25. The zero-order valence-electron chi connectivity index (χ0n) is 11.5. The fourth-order valence-electron chi connectivity index (χ4n) is 2.59. The lowest BCUT2D eigenvalue weighted by Crippen LogP contribution is -2.36. The lowest BCUT2D eigenvalue weighted by molar-refractivity contribution is 0.0738. The van der Waals surface area contributed by atoms with E-state index < -0.39 is 0 Å². The van der Waals surface area contributed by atoms with Crippen molar-refractivity contribution in [3.8, 4) is 5.75 Å². The number of rotatable bonds is 2. The molecule has 0 N–H and O–H groups in total. The number of aromatic nitrogens is 1. The first kappa shape index (κ1) is 13.1. The maximum atomic E-state index is 12.5. The number of ether oxygens (including phenoxy) is 1. The number of thiazole rings is 1. The van der Waals surface area contributed by atoms with E-state index in [9.17, 15) is 4.79 Å². The van der Waals surface area contributed by atoms with E-state index in [0.29, 0.717) is 6.54 Å². The van der Waals surface area contributed by atoms with Crippen molar-refractivity contribution in [2.45, 2.75) is 19.9 Å². The Morgan fingerprint density at radius 1 is 1.45 bits per heavy atom. The zero-order chi connectivity index (χ0) is 14.1. The lowest BCUT2D eigenvalue weighted by Gasteiger charge is -2.29. The number of amides is 1. The molecule has 1 aliphatic rings. The molecule has 20 heavy (non-hydrogen) atoms. The topological polar surface area (TPSA) is 42.4 Å². The number of benzene rings is 1. The fraction of sp³-hybridized carbons (Fsp3) is 0.333. The fourth-order valence-corrected chi connectivity index (χ4v) is 3.36. The summed E-state index contributed by atoms with van der Waals surface area (Å²) in [5.41, 5.74) is 4.94. The minimum Gasteiger partial charge on any atom is -0.496 e. The zero-order valence-corrected chi connectivity index (χ0v) is 12.4. The van der Waals surface area contributed by atoms with Crippen LogP contribution >= 0.6 is 11.3 Å². The highest BCUT2D eigenvalue weighted by molar-refractivity contribution is 7.11. The van der Waals surface area contributed by atoms with E-state index in [2.05, 4.69) is 11.1 Å². The van der Waals surface area contributed by atoms with Gasteiger partial charge in [0, 0.05) is 18.7 Å². The summed E-state index contributed by atoms with van der Waals surface area (Å²) < 4.78 is 5.39. The van der Waals surface area contributed by atoms with Crippen LogP contribution in [0.2, 0.25) is 0 Å². The molecule has 3 rings (SSSR count). The van der Waals surface area contributed by atoms with Gasteiger partial charge in [-0.25, -0.2) is 4.98 Å². The van der Waals surface area contributed by atoms with Crippen molar-refractivity contribution < 1.29 is 9.53 Å². The Labute approximate surface area is 122 Å². The van der Waals surface area contributed by atoms with Gasteiger partial charge in [-0.05, 0) is 25.0 Å². The Bertz CT molecular complexity index is 651. The molecule has 0 saturated heterocycles. The van der Waals surface area contributed by atoms with Gasteiger partial charge < -0.3 is 9.64 Å². The van der Waals surface area contributed by atoms with Gasteiger partial charge in [-0.1, -0.05) is 12.1 Å². The number of hydrogen-bond acceptors (Lipinski definition) is 4. The van der Waals surface area contributed by atoms with E-state index in [1.54, 1.807) is 12.6 Å². The number of nitrogens with zero attached hydrogens (tertiary/aromatic N) is 2. The summed E-state index contributed by atoms with van der Waals surface area (Å²) in [5, 5.41) is 0. The molecular weight excluding hydrogens is 272 g/mol. The maximum absolute atomic E-state index is 12.5. The van der Waals surface area contributed by atoms with Crippen molar-refractivity contribution in [2.75, 3.05) is 13.7 Å². The molecule has 2 aromatic rings. The Kier molecular flexibility index (Phi) is 3.44. The molecule has 1 aromatic carbocycles. The van der Waals surface area contributed by atoms with E-state index in [0.717, 1.165) is 29.3 Å². The van der Waals surface area contributed by atoms with Gasteiger partial charge in [0.25, 0.3) is 5.91 Å². The molecule has 5 heteroatoms. The Morgan fingerprint density at radius 2 is 2.30 bits per heavy atom. The number of hydrogen-bond donors (Lipinski definition) is 0. The van der Waals surface area contributed by atoms with Crippen molar-refractivity contribution in [3.63, 3.8) is 0 Å². The lowest BCUT2D eigenvalue weighted by atomic mass is 9.98. The third kappa shape index (κ3) is 2.18. The average molecular weight is 288 g/mol. The monoisotopic (exact) mass is 288 g/mol. The molecule has 0 aliphatic carbocycles. The van der Waals surface area contributed by atoms with Gasteiger partial charge in [-0.2, -0.15) is 0 Å². The van der Waals surface area contributed by atoms with Crippen molar-refractivity contribution in [3.05, 3.63) is 45.4 Å². The van der Waals surface area contributed by atoms with E-state index in [1.165, 1.54) is 22.5 Å². The number of carbonyl (C=O) groups excluding carboxylic acids is 1. The molecule has 1 aliphatic heterocycles. The maximum Gasteiger partial charge on any atom is 0.266 e. The first-order valence-corrected chi connectivity index (χ1v) is 7.42. The summed E-state index contributed by atoms with van der Waals surface area (Å²) in [4.78, 5) is 19.3. The van der Waals surface area contributed by atoms with Gasteiger partial charge in [0.15, 0.2) is 0 Å². The van der Waals surface area contributed by atoms with Crippen LogP contribution in [0.3, 0.4) is 0 Å². The van der Waals surface area contributed by atoms with Crippen molar-refractivity contribution in [2.24, 2.45) is 0 Å². The average Bonchev–Trinajstić information content (AvgIpc) is 2.91. The minimum absolute atomic E-state index is 0.0819. The molecule has 104 valence electrons. The third-order valence-electron chi connectivity index (χ3n) is 3.67. The third-order valence-corrected chi connectivity index (χ3v) is 4.59. The summed E-state index contributed by atoms with van der Waals surface area (Å²) in [6.07, 6.45) is 0.836. The van der Waals surface area contributed by atoms with Crippen LogP contribution in [0.1, 0.15) is 26.5 Å². The van der Waals surface area contributed by atoms with E-state index >= 15 is 0 Å². The molecule has 0 fully saturated rings. The highest BCUT2D eigenvalue weighted by atomic mass is 32.1. The first-order valence-electron chi connectivity index (χ1n) is 6.55. The molecule has 4 nitrogen and oxygen atoms in total. The molecule has 0 saturated carbocycles. The second kappa shape index (κ2) is 5.25. The number of carbonyl (C=O) groups is 1. The molecule has 0 spiro atoms. The van der Waals surface area contributed by atoms with Crippen LogP contribution in [0.5, 0.6) is 5.75 Å². The molecule has 1 aromatic heterocycles. The van der Waals surface area contributed by atoms with Gasteiger partial charge in [0.05, 0.1) is 18.3 Å². The summed E-state index contributed by atoms with van der Waals surface area (Å²) in [5.74, 6) is 1.00. The first-order chi connectivity index (χ1) is 9.70. The highest BCUT2D eigenvalue weighted by Gasteiger charge is 2.25. The van der Waals surface area contributed by atoms with Crippen LogP contribution in [0, 0.1) is 6.92 Å². The smallest absolute Gasteiger partial charge is 0.266 e. The van der Waals surface area contributed by atoms with E-state index in [4.69, 9.17) is 4.74 Å². The summed E-state index contributed by atoms with van der Waals surface area (Å²) in [7, 11) is 1.69.